The number of benzene rings is 1. The number of ether oxygens (including phenoxy) is 3. The van der Waals surface area contributed by atoms with Gasteiger partial charge in [-0.15, -0.1) is 0 Å². The summed E-state index contributed by atoms with van der Waals surface area (Å²) in [5, 5.41) is 10.2. The second kappa shape index (κ2) is 6.15. The molecular formula is C15H22O4. The zero-order chi connectivity index (χ0) is 13.8. The number of aliphatic hydroxyl groups excluding tert-OH is 1. The first-order valence-corrected chi connectivity index (χ1v) is 6.77. The molecule has 19 heavy (non-hydrogen) atoms. The Labute approximate surface area is 114 Å². The quantitative estimate of drug-likeness (QED) is 0.858. The number of aliphatic hydroxyl groups is 1. The van der Waals surface area contributed by atoms with Crippen molar-refractivity contribution in [2.75, 3.05) is 13.9 Å². The molecule has 1 heterocycles. The van der Waals surface area contributed by atoms with Crippen LogP contribution in [-0.2, 0) is 0 Å². The monoisotopic (exact) mass is 266 g/mol. The van der Waals surface area contributed by atoms with Gasteiger partial charge in [0.15, 0.2) is 11.5 Å². The predicted octanol–water partition coefficient (Wildman–Crippen LogP) is 3.28. The van der Waals surface area contributed by atoms with E-state index in [1.807, 2.05) is 12.1 Å². The Morgan fingerprint density at radius 1 is 1.26 bits per heavy atom. The summed E-state index contributed by atoms with van der Waals surface area (Å²) in [6.45, 7) is 4.59. The van der Waals surface area contributed by atoms with E-state index in [1.165, 1.54) is 0 Å². The molecule has 4 heteroatoms. The average Bonchev–Trinajstić information content (AvgIpc) is 2.85. The number of hydrogen-bond acceptors (Lipinski definition) is 4. The van der Waals surface area contributed by atoms with E-state index in [0.29, 0.717) is 23.2 Å². The van der Waals surface area contributed by atoms with Crippen molar-refractivity contribution in [3.63, 3.8) is 0 Å². The van der Waals surface area contributed by atoms with Crippen molar-refractivity contribution >= 4 is 0 Å². The summed E-state index contributed by atoms with van der Waals surface area (Å²) in [6, 6.07) is 3.67. The van der Waals surface area contributed by atoms with E-state index in [9.17, 15) is 5.11 Å². The van der Waals surface area contributed by atoms with Gasteiger partial charge in [-0.3, -0.25) is 0 Å². The van der Waals surface area contributed by atoms with Gasteiger partial charge >= 0.3 is 0 Å². The van der Waals surface area contributed by atoms with Crippen LogP contribution in [0.25, 0.3) is 0 Å². The van der Waals surface area contributed by atoms with Crippen molar-refractivity contribution < 1.29 is 19.3 Å². The molecule has 106 valence electrons. The van der Waals surface area contributed by atoms with Gasteiger partial charge in [-0.2, -0.15) is 0 Å². The Bertz CT molecular complexity index is 428. The van der Waals surface area contributed by atoms with Gasteiger partial charge in [-0.05, 0) is 30.0 Å². The average molecular weight is 266 g/mol. The van der Waals surface area contributed by atoms with Gasteiger partial charge < -0.3 is 19.3 Å². The normalized spacial score (nSPS) is 14.8. The van der Waals surface area contributed by atoms with E-state index in [4.69, 9.17) is 14.2 Å². The molecule has 1 unspecified atom stereocenters. The molecule has 0 bridgehead atoms. The molecule has 1 atom stereocenters. The lowest BCUT2D eigenvalue weighted by atomic mass is 9.99. The lowest BCUT2D eigenvalue weighted by molar-refractivity contribution is 0.160. The number of methoxy groups -OCH3 is 1. The van der Waals surface area contributed by atoms with E-state index < -0.39 is 6.10 Å². The van der Waals surface area contributed by atoms with Crippen molar-refractivity contribution in [3.8, 4) is 17.2 Å². The van der Waals surface area contributed by atoms with E-state index in [2.05, 4.69) is 13.8 Å². The SMILES string of the molecule is COc1cc(C(O)CCCC(C)C)cc2c1OCO2. The van der Waals surface area contributed by atoms with E-state index in [0.717, 1.165) is 24.8 Å². The van der Waals surface area contributed by atoms with Crippen molar-refractivity contribution in [1.82, 2.24) is 0 Å². The first-order chi connectivity index (χ1) is 9.11. The standard InChI is InChI=1S/C15H22O4/c1-10(2)5-4-6-12(16)11-7-13(17-3)15-14(8-11)18-9-19-15/h7-8,10,12,16H,4-6,9H2,1-3H3. The smallest absolute Gasteiger partial charge is 0.231 e. The minimum absolute atomic E-state index is 0.207. The summed E-state index contributed by atoms with van der Waals surface area (Å²) < 4.78 is 16.0. The molecule has 0 saturated heterocycles. The van der Waals surface area contributed by atoms with E-state index >= 15 is 0 Å². The zero-order valence-electron chi connectivity index (χ0n) is 11.8. The number of rotatable bonds is 6. The van der Waals surface area contributed by atoms with Crippen molar-refractivity contribution in [1.29, 1.82) is 0 Å². The topological polar surface area (TPSA) is 47.9 Å². The van der Waals surface area contributed by atoms with Crippen LogP contribution in [0.1, 0.15) is 44.8 Å². The van der Waals surface area contributed by atoms with Gasteiger partial charge in [0.05, 0.1) is 13.2 Å². The zero-order valence-corrected chi connectivity index (χ0v) is 11.8. The number of fused-ring (bicyclic) bond motifs is 1. The fourth-order valence-corrected chi connectivity index (χ4v) is 2.23. The molecule has 2 rings (SSSR count). The summed E-state index contributed by atoms with van der Waals surface area (Å²) in [5.74, 6) is 2.56. The van der Waals surface area contributed by atoms with Gasteiger partial charge in [0.25, 0.3) is 0 Å². The fourth-order valence-electron chi connectivity index (χ4n) is 2.23. The highest BCUT2D eigenvalue weighted by atomic mass is 16.7. The Balaban J connectivity index is 2.07. The maximum atomic E-state index is 10.2. The third-order valence-electron chi connectivity index (χ3n) is 3.32. The van der Waals surface area contributed by atoms with Crippen LogP contribution in [0, 0.1) is 5.92 Å². The van der Waals surface area contributed by atoms with Gasteiger partial charge in [-0.1, -0.05) is 26.7 Å². The maximum Gasteiger partial charge on any atom is 0.231 e. The van der Waals surface area contributed by atoms with E-state index in [1.54, 1.807) is 7.11 Å². The van der Waals surface area contributed by atoms with Crippen molar-refractivity contribution in [3.05, 3.63) is 17.7 Å². The Kier molecular flexibility index (Phi) is 4.53. The minimum atomic E-state index is -0.484. The number of hydrogen-bond donors (Lipinski definition) is 1. The molecule has 0 amide bonds. The third kappa shape index (κ3) is 3.32. The summed E-state index contributed by atoms with van der Waals surface area (Å²) in [5.41, 5.74) is 0.824. The van der Waals surface area contributed by atoms with Gasteiger partial charge in [-0.25, -0.2) is 0 Å². The molecular weight excluding hydrogens is 244 g/mol. The van der Waals surface area contributed by atoms with Gasteiger partial charge in [0.1, 0.15) is 0 Å². The highest BCUT2D eigenvalue weighted by Gasteiger charge is 2.22. The van der Waals surface area contributed by atoms with Crippen LogP contribution in [0.4, 0.5) is 0 Å². The molecule has 1 aromatic carbocycles. The Hall–Kier alpha value is -1.42. The first kappa shape index (κ1) is 14.0. The molecule has 1 N–H and O–H groups in total. The van der Waals surface area contributed by atoms with Crippen molar-refractivity contribution in [2.24, 2.45) is 5.92 Å². The fraction of sp³-hybridized carbons (Fsp3) is 0.600. The van der Waals surface area contributed by atoms with Crippen molar-refractivity contribution in [2.45, 2.75) is 39.2 Å². The Morgan fingerprint density at radius 2 is 2.05 bits per heavy atom. The van der Waals surface area contributed by atoms with Crippen LogP contribution in [0.15, 0.2) is 12.1 Å². The summed E-state index contributed by atoms with van der Waals surface area (Å²) >= 11 is 0. The molecule has 1 aliphatic rings. The molecule has 0 fully saturated rings. The highest BCUT2D eigenvalue weighted by molar-refractivity contribution is 5.55. The molecule has 0 aliphatic carbocycles. The van der Waals surface area contributed by atoms with Crippen LogP contribution in [-0.4, -0.2) is 19.0 Å². The van der Waals surface area contributed by atoms with Gasteiger partial charge in [0, 0.05) is 0 Å². The summed E-state index contributed by atoms with van der Waals surface area (Å²) in [7, 11) is 1.59. The molecule has 0 spiro atoms. The van der Waals surface area contributed by atoms with Crippen LogP contribution in [0.5, 0.6) is 17.2 Å². The first-order valence-electron chi connectivity index (χ1n) is 6.77. The molecule has 0 radical (unpaired) electrons. The second-order valence-electron chi connectivity index (χ2n) is 5.30. The van der Waals surface area contributed by atoms with Crippen LogP contribution < -0.4 is 14.2 Å². The van der Waals surface area contributed by atoms with E-state index in [-0.39, 0.29) is 6.79 Å². The lowest BCUT2D eigenvalue weighted by Gasteiger charge is -2.14. The predicted molar refractivity (Wildman–Crippen MR) is 72.8 cm³/mol. The van der Waals surface area contributed by atoms with Crippen LogP contribution >= 0.6 is 0 Å². The second-order valence-corrected chi connectivity index (χ2v) is 5.30. The van der Waals surface area contributed by atoms with Crippen LogP contribution in [0.3, 0.4) is 0 Å². The molecule has 4 nitrogen and oxygen atoms in total. The molecule has 0 saturated carbocycles. The Morgan fingerprint density at radius 3 is 2.74 bits per heavy atom. The largest absolute Gasteiger partial charge is 0.493 e. The third-order valence-corrected chi connectivity index (χ3v) is 3.32. The maximum absolute atomic E-state index is 10.2. The minimum Gasteiger partial charge on any atom is -0.493 e. The summed E-state index contributed by atoms with van der Waals surface area (Å²) in [6.07, 6.45) is 2.40. The molecule has 0 aromatic heterocycles. The molecule has 1 aliphatic heterocycles. The summed E-state index contributed by atoms with van der Waals surface area (Å²) in [4.78, 5) is 0. The highest BCUT2D eigenvalue weighted by Crippen LogP contribution is 2.43. The van der Waals surface area contributed by atoms with Gasteiger partial charge in [0.2, 0.25) is 12.5 Å². The van der Waals surface area contributed by atoms with Crippen LogP contribution in [0.2, 0.25) is 0 Å². The molecule has 1 aromatic rings. The lowest BCUT2D eigenvalue weighted by Crippen LogP contribution is -2.00.